The highest BCUT2D eigenvalue weighted by molar-refractivity contribution is 7.99. The summed E-state index contributed by atoms with van der Waals surface area (Å²) in [5.41, 5.74) is 0. The highest BCUT2D eigenvalue weighted by Crippen LogP contribution is 2.34. The number of ether oxygens (including phenoxy) is 3. The van der Waals surface area contributed by atoms with Gasteiger partial charge in [-0.3, -0.25) is 0 Å². The monoisotopic (exact) mass is 488 g/mol. The predicted octanol–water partition coefficient (Wildman–Crippen LogP) is 9.77. The summed E-state index contributed by atoms with van der Waals surface area (Å²) in [6, 6.07) is 0. The molecule has 0 aromatic rings. The summed E-state index contributed by atoms with van der Waals surface area (Å²) < 4.78 is 18.5. The first-order valence-corrected chi connectivity index (χ1v) is 15.9. The molecule has 0 rings (SSSR count). The molecular formula is C29H60O3S. The van der Waals surface area contributed by atoms with E-state index >= 15 is 0 Å². The Morgan fingerprint density at radius 1 is 0.485 bits per heavy atom. The van der Waals surface area contributed by atoms with Gasteiger partial charge in [-0.15, -0.1) is 0 Å². The number of unbranched alkanes of at least 4 members (excludes halogenated alkanes) is 12. The fourth-order valence-electron chi connectivity index (χ4n) is 4.62. The quantitative estimate of drug-likeness (QED) is 0.0849. The molecule has 0 saturated carbocycles. The van der Waals surface area contributed by atoms with Crippen LogP contribution in [0.3, 0.4) is 0 Å². The zero-order valence-electron chi connectivity index (χ0n) is 23.3. The minimum atomic E-state index is -0.857. The van der Waals surface area contributed by atoms with Crippen LogP contribution in [0, 0.1) is 5.92 Å². The number of hydrogen-bond donors (Lipinski definition) is 0. The van der Waals surface area contributed by atoms with Crippen LogP contribution >= 0.6 is 11.8 Å². The summed E-state index contributed by atoms with van der Waals surface area (Å²) in [4.78, 5) is 0. The molecule has 0 fully saturated rings. The molecule has 0 aliphatic carbocycles. The van der Waals surface area contributed by atoms with E-state index in [2.05, 4.69) is 25.6 Å². The lowest BCUT2D eigenvalue weighted by Gasteiger charge is -2.39. The molecule has 0 radical (unpaired) electrons. The van der Waals surface area contributed by atoms with Crippen molar-refractivity contribution < 1.29 is 14.2 Å². The van der Waals surface area contributed by atoms with Crippen LogP contribution in [-0.2, 0) is 14.2 Å². The highest BCUT2D eigenvalue weighted by atomic mass is 32.2. The van der Waals surface area contributed by atoms with Gasteiger partial charge in [0.1, 0.15) is 0 Å². The van der Waals surface area contributed by atoms with Crippen LogP contribution < -0.4 is 0 Å². The number of hydrogen-bond acceptors (Lipinski definition) is 4. The van der Waals surface area contributed by atoms with E-state index in [4.69, 9.17) is 14.2 Å². The minimum absolute atomic E-state index is 0.312. The van der Waals surface area contributed by atoms with E-state index in [0.717, 1.165) is 12.8 Å². The molecule has 3 nitrogen and oxygen atoms in total. The first kappa shape index (κ1) is 33.2. The average Bonchev–Trinajstić information content (AvgIpc) is 2.81. The Bertz CT molecular complexity index is 361. The Balaban J connectivity index is 4.38. The van der Waals surface area contributed by atoms with Crippen molar-refractivity contribution in [3.63, 3.8) is 0 Å². The molecular weight excluding hydrogens is 428 g/mol. The maximum Gasteiger partial charge on any atom is 0.285 e. The van der Waals surface area contributed by atoms with Gasteiger partial charge in [0.2, 0.25) is 0 Å². The molecule has 0 aromatic heterocycles. The molecule has 33 heavy (non-hydrogen) atoms. The van der Waals surface area contributed by atoms with Gasteiger partial charge in [-0.25, -0.2) is 0 Å². The van der Waals surface area contributed by atoms with Gasteiger partial charge < -0.3 is 14.2 Å². The lowest BCUT2D eigenvalue weighted by Crippen LogP contribution is -2.46. The molecule has 0 aliphatic rings. The average molecular weight is 489 g/mol. The van der Waals surface area contributed by atoms with Crippen molar-refractivity contribution in [2.45, 2.75) is 150 Å². The Morgan fingerprint density at radius 3 is 1.36 bits per heavy atom. The molecule has 0 amide bonds. The van der Waals surface area contributed by atoms with Crippen molar-refractivity contribution in [1.82, 2.24) is 0 Å². The summed E-state index contributed by atoms with van der Waals surface area (Å²) in [6.07, 6.45) is 22.7. The Morgan fingerprint density at radius 2 is 0.879 bits per heavy atom. The van der Waals surface area contributed by atoms with Crippen LogP contribution in [0.15, 0.2) is 0 Å². The third kappa shape index (κ3) is 18.2. The molecule has 0 bridgehead atoms. The van der Waals surface area contributed by atoms with Crippen molar-refractivity contribution in [2.75, 3.05) is 31.3 Å². The molecule has 0 heterocycles. The first-order chi connectivity index (χ1) is 16.2. The van der Waals surface area contributed by atoms with Gasteiger partial charge in [0.15, 0.2) is 0 Å². The summed E-state index contributed by atoms with van der Waals surface area (Å²) in [6.45, 7) is 12.6. The molecule has 0 aliphatic heterocycles. The molecule has 1 atom stereocenters. The topological polar surface area (TPSA) is 27.7 Å². The largest absolute Gasteiger partial charge is 0.328 e. The van der Waals surface area contributed by atoms with Gasteiger partial charge >= 0.3 is 0 Å². The fraction of sp³-hybridized carbons (Fsp3) is 1.00. The Kier molecular flexibility index (Phi) is 25.5. The van der Waals surface area contributed by atoms with E-state index in [1.165, 1.54) is 108 Å². The molecule has 0 aromatic carbocycles. The van der Waals surface area contributed by atoms with Crippen LogP contribution in [-0.4, -0.2) is 37.3 Å². The lowest BCUT2D eigenvalue weighted by molar-refractivity contribution is -0.403. The molecule has 1 unspecified atom stereocenters. The van der Waals surface area contributed by atoms with Crippen LogP contribution in [0.25, 0.3) is 0 Å². The van der Waals surface area contributed by atoms with Crippen LogP contribution in [0.5, 0.6) is 0 Å². The van der Waals surface area contributed by atoms with Crippen molar-refractivity contribution in [3.05, 3.63) is 0 Å². The Labute approximate surface area is 212 Å². The van der Waals surface area contributed by atoms with Crippen LogP contribution in [0.4, 0.5) is 0 Å². The Hall–Kier alpha value is 0.230. The van der Waals surface area contributed by atoms with E-state index < -0.39 is 5.97 Å². The molecule has 200 valence electrons. The van der Waals surface area contributed by atoms with Crippen molar-refractivity contribution in [1.29, 1.82) is 0 Å². The zero-order valence-corrected chi connectivity index (χ0v) is 24.1. The fourth-order valence-corrected chi connectivity index (χ4v) is 5.61. The number of rotatable bonds is 27. The van der Waals surface area contributed by atoms with E-state index in [1.54, 1.807) is 0 Å². The molecule has 0 saturated heterocycles. The highest BCUT2D eigenvalue weighted by Gasteiger charge is 2.41. The van der Waals surface area contributed by atoms with Gasteiger partial charge in [0.05, 0.1) is 0 Å². The lowest BCUT2D eigenvalue weighted by atomic mass is 9.93. The summed E-state index contributed by atoms with van der Waals surface area (Å²) in [7, 11) is 0. The van der Waals surface area contributed by atoms with Gasteiger partial charge in [-0.2, -0.15) is 11.8 Å². The second-order valence-electron chi connectivity index (χ2n) is 9.39. The standard InChI is InChI=1S/C29H60O3S/c1-6-11-13-15-17-18-20-22-26-33-27-23-25-28(24-21-19-16-14-12-7-2)29(30-8-3,31-9-4)32-10-5/h28H,6-27H2,1-5H3. The summed E-state index contributed by atoms with van der Waals surface area (Å²) >= 11 is 2.13. The maximum atomic E-state index is 6.17. The smallest absolute Gasteiger partial charge is 0.285 e. The van der Waals surface area contributed by atoms with Gasteiger partial charge in [0, 0.05) is 25.7 Å². The molecule has 4 heteroatoms. The van der Waals surface area contributed by atoms with Crippen LogP contribution in [0.2, 0.25) is 0 Å². The van der Waals surface area contributed by atoms with Crippen molar-refractivity contribution in [3.8, 4) is 0 Å². The zero-order chi connectivity index (χ0) is 24.5. The van der Waals surface area contributed by atoms with Crippen molar-refractivity contribution >= 4 is 11.8 Å². The normalized spacial score (nSPS) is 13.0. The second-order valence-corrected chi connectivity index (χ2v) is 10.6. The molecule has 0 spiro atoms. The predicted molar refractivity (Wildman–Crippen MR) is 148 cm³/mol. The maximum absolute atomic E-state index is 6.17. The first-order valence-electron chi connectivity index (χ1n) is 14.7. The summed E-state index contributed by atoms with van der Waals surface area (Å²) in [5.74, 6) is 2.01. The van der Waals surface area contributed by atoms with Gasteiger partial charge in [-0.05, 0) is 58.0 Å². The third-order valence-electron chi connectivity index (χ3n) is 6.43. The number of thioether (sulfide) groups is 1. The van der Waals surface area contributed by atoms with Gasteiger partial charge in [0.25, 0.3) is 5.97 Å². The summed E-state index contributed by atoms with van der Waals surface area (Å²) in [5, 5.41) is 0. The van der Waals surface area contributed by atoms with E-state index in [1.807, 2.05) is 20.8 Å². The SMILES string of the molecule is CCCCCCCCCCSCCCC(CCCCCCCC)C(OCC)(OCC)OCC. The van der Waals surface area contributed by atoms with E-state index in [-0.39, 0.29) is 0 Å². The van der Waals surface area contributed by atoms with E-state index in [9.17, 15) is 0 Å². The van der Waals surface area contributed by atoms with Crippen molar-refractivity contribution in [2.24, 2.45) is 5.92 Å². The van der Waals surface area contributed by atoms with Gasteiger partial charge in [-0.1, -0.05) is 97.3 Å². The second kappa shape index (κ2) is 25.3. The molecule has 0 N–H and O–H groups in total. The van der Waals surface area contributed by atoms with Crippen LogP contribution in [0.1, 0.15) is 144 Å². The third-order valence-corrected chi connectivity index (χ3v) is 7.58. The van der Waals surface area contributed by atoms with E-state index in [0.29, 0.717) is 25.7 Å². The minimum Gasteiger partial charge on any atom is -0.328 e.